The van der Waals surface area contributed by atoms with E-state index in [1.165, 1.54) is 7.11 Å². The first kappa shape index (κ1) is 22.9. The first-order chi connectivity index (χ1) is 14.4. The Morgan fingerprint density at radius 1 is 1.26 bits per heavy atom. The number of nitrogens with one attached hydrogen (secondary N) is 1. The van der Waals surface area contributed by atoms with Crippen LogP contribution in [-0.2, 0) is 14.8 Å². The molecule has 31 heavy (non-hydrogen) atoms. The third kappa shape index (κ3) is 5.12. The van der Waals surface area contributed by atoms with Gasteiger partial charge >= 0.3 is 0 Å². The largest absolute Gasteiger partial charge is 0.497 e. The molecule has 0 spiro atoms. The highest BCUT2D eigenvalue weighted by Crippen LogP contribution is 2.40. The number of benzene rings is 2. The van der Waals surface area contributed by atoms with Crippen LogP contribution in [0.5, 0.6) is 11.5 Å². The van der Waals surface area contributed by atoms with Gasteiger partial charge in [-0.2, -0.15) is 0 Å². The molecular formula is C23H30N2O5S. The van der Waals surface area contributed by atoms with E-state index in [0.717, 1.165) is 27.4 Å². The second kappa shape index (κ2) is 8.42. The fraction of sp³-hybridized carbons (Fsp3) is 0.435. The molecule has 2 aromatic rings. The number of hydrogen-bond acceptors (Lipinski definition) is 5. The van der Waals surface area contributed by atoms with Gasteiger partial charge < -0.3 is 14.8 Å². The summed E-state index contributed by atoms with van der Waals surface area (Å²) in [5.41, 5.74) is 1.86. The van der Waals surface area contributed by atoms with Gasteiger partial charge in [0.25, 0.3) is 0 Å². The van der Waals surface area contributed by atoms with Crippen molar-refractivity contribution >= 4 is 21.6 Å². The lowest BCUT2D eigenvalue weighted by atomic mass is 9.89. The van der Waals surface area contributed by atoms with Gasteiger partial charge in [-0.05, 0) is 45.9 Å². The van der Waals surface area contributed by atoms with Gasteiger partial charge in [0.1, 0.15) is 23.1 Å². The van der Waals surface area contributed by atoms with E-state index >= 15 is 0 Å². The highest BCUT2D eigenvalue weighted by atomic mass is 32.2. The van der Waals surface area contributed by atoms with Crippen LogP contribution in [0.4, 0.5) is 5.69 Å². The predicted molar refractivity (Wildman–Crippen MR) is 121 cm³/mol. The van der Waals surface area contributed by atoms with Crippen molar-refractivity contribution in [2.75, 3.05) is 17.7 Å². The fourth-order valence-corrected chi connectivity index (χ4v) is 5.12. The molecule has 1 aliphatic rings. The summed E-state index contributed by atoms with van der Waals surface area (Å²) in [6, 6.07) is 11.3. The summed E-state index contributed by atoms with van der Waals surface area (Å²) < 4.78 is 37.6. The Kier molecular flexibility index (Phi) is 6.23. The van der Waals surface area contributed by atoms with Gasteiger partial charge in [0.2, 0.25) is 15.9 Å². The molecule has 168 valence electrons. The molecule has 0 saturated carbocycles. The quantitative estimate of drug-likeness (QED) is 0.733. The van der Waals surface area contributed by atoms with Gasteiger partial charge in [-0.15, -0.1) is 0 Å². The van der Waals surface area contributed by atoms with Crippen molar-refractivity contribution in [3.8, 4) is 11.5 Å². The summed E-state index contributed by atoms with van der Waals surface area (Å²) in [5, 5.41) is 3.05. The van der Waals surface area contributed by atoms with Crippen molar-refractivity contribution in [3.63, 3.8) is 0 Å². The molecule has 8 heteroatoms. The molecule has 7 nitrogen and oxygen atoms in total. The summed E-state index contributed by atoms with van der Waals surface area (Å²) >= 11 is 0. The number of nitrogens with zero attached hydrogens (tertiary/aromatic N) is 1. The summed E-state index contributed by atoms with van der Waals surface area (Å²) in [6.07, 6.45) is 1.66. The molecule has 3 rings (SSSR count). The lowest BCUT2D eigenvalue weighted by molar-refractivity contribution is -0.123. The molecular weight excluding hydrogens is 416 g/mol. The number of anilines is 1. The standard InChI is InChI=1S/C23H30N2O5S/c1-15-10-11-21-19(12-15)20(14-23(3,4)30-21)24-22(26)16(2)25(31(6,27)28)17-8-7-9-18(13-17)29-5/h7-13,16,20H,14H2,1-6H3,(H,24,26)/t16-,20+/m1/s1. The number of sulfonamides is 1. The second-order valence-electron chi connectivity index (χ2n) is 8.60. The maximum absolute atomic E-state index is 13.2. The van der Waals surface area contributed by atoms with E-state index in [2.05, 4.69) is 5.32 Å². The predicted octanol–water partition coefficient (Wildman–Crippen LogP) is 3.58. The Labute approximate surface area is 184 Å². The zero-order chi connectivity index (χ0) is 23.0. The second-order valence-corrected chi connectivity index (χ2v) is 10.5. The smallest absolute Gasteiger partial charge is 0.244 e. The molecule has 2 atom stereocenters. The fourth-order valence-electron chi connectivity index (χ4n) is 3.95. The molecule has 0 aliphatic carbocycles. The number of aryl methyl sites for hydroxylation is 1. The Balaban J connectivity index is 1.92. The van der Waals surface area contributed by atoms with E-state index in [1.807, 2.05) is 39.0 Å². The zero-order valence-corrected chi connectivity index (χ0v) is 19.6. The molecule has 2 aromatic carbocycles. The van der Waals surface area contributed by atoms with Crippen molar-refractivity contribution in [2.45, 2.75) is 51.8 Å². The SMILES string of the molecule is COc1cccc(N([C@H](C)C(=O)N[C@H]2CC(C)(C)Oc3ccc(C)cc32)S(C)(=O)=O)c1. The molecule has 1 heterocycles. The van der Waals surface area contributed by atoms with E-state index in [4.69, 9.17) is 9.47 Å². The zero-order valence-electron chi connectivity index (χ0n) is 18.8. The molecule has 0 radical (unpaired) electrons. The molecule has 1 N–H and O–H groups in total. The van der Waals surface area contributed by atoms with Crippen molar-refractivity contribution in [3.05, 3.63) is 53.6 Å². The van der Waals surface area contributed by atoms with Crippen LogP contribution in [0.3, 0.4) is 0 Å². The number of amides is 1. The number of carbonyl (C=O) groups excluding carboxylic acids is 1. The minimum absolute atomic E-state index is 0.291. The van der Waals surface area contributed by atoms with Crippen molar-refractivity contribution < 1.29 is 22.7 Å². The first-order valence-corrected chi connectivity index (χ1v) is 12.0. The van der Waals surface area contributed by atoms with Gasteiger partial charge in [0.05, 0.1) is 25.1 Å². The van der Waals surface area contributed by atoms with E-state index in [0.29, 0.717) is 17.9 Å². The average molecular weight is 447 g/mol. The van der Waals surface area contributed by atoms with Crippen LogP contribution in [0.2, 0.25) is 0 Å². The van der Waals surface area contributed by atoms with E-state index < -0.39 is 21.7 Å². The molecule has 0 aromatic heterocycles. The normalized spacial score (nSPS) is 18.3. The summed E-state index contributed by atoms with van der Waals surface area (Å²) in [6.45, 7) is 7.50. The Hall–Kier alpha value is -2.74. The van der Waals surface area contributed by atoms with Crippen LogP contribution in [0.25, 0.3) is 0 Å². The van der Waals surface area contributed by atoms with Crippen LogP contribution in [-0.4, -0.2) is 39.3 Å². The number of fused-ring (bicyclic) bond motifs is 1. The Morgan fingerprint density at radius 2 is 1.97 bits per heavy atom. The van der Waals surface area contributed by atoms with E-state index in [9.17, 15) is 13.2 Å². The van der Waals surface area contributed by atoms with Crippen LogP contribution in [0.15, 0.2) is 42.5 Å². The molecule has 1 aliphatic heterocycles. The van der Waals surface area contributed by atoms with Crippen LogP contribution < -0.4 is 19.1 Å². The number of rotatable bonds is 6. The van der Waals surface area contributed by atoms with Crippen molar-refractivity contribution in [2.24, 2.45) is 0 Å². The van der Waals surface area contributed by atoms with Gasteiger partial charge in [-0.25, -0.2) is 8.42 Å². The highest BCUT2D eigenvalue weighted by molar-refractivity contribution is 7.92. The number of hydrogen-bond donors (Lipinski definition) is 1. The summed E-state index contributed by atoms with van der Waals surface area (Å²) in [4.78, 5) is 13.2. The maximum Gasteiger partial charge on any atom is 0.244 e. The highest BCUT2D eigenvalue weighted by Gasteiger charge is 2.37. The maximum atomic E-state index is 13.2. The molecule has 0 saturated heterocycles. The average Bonchev–Trinajstić information content (AvgIpc) is 2.67. The molecule has 0 fully saturated rings. The van der Waals surface area contributed by atoms with Crippen LogP contribution >= 0.6 is 0 Å². The van der Waals surface area contributed by atoms with Gasteiger partial charge in [-0.1, -0.05) is 23.8 Å². The number of methoxy groups -OCH3 is 1. The van der Waals surface area contributed by atoms with Gasteiger partial charge in [-0.3, -0.25) is 9.10 Å². The van der Waals surface area contributed by atoms with E-state index in [-0.39, 0.29) is 11.9 Å². The summed E-state index contributed by atoms with van der Waals surface area (Å²) in [5.74, 6) is 0.852. The molecule has 0 bridgehead atoms. The van der Waals surface area contributed by atoms with Gasteiger partial charge in [0.15, 0.2) is 0 Å². The molecule has 1 amide bonds. The van der Waals surface area contributed by atoms with Crippen molar-refractivity contribution in [1.29, 1.82) is 0 Å². The number of carbonyl (C=O) groups is 1. The lowest BCUT2D eigenvalue weighted by Gasteiger charge is -2.39. The first-order valence-electron chi connectivity index (χ1n) is 10.1. The topological polar surface area (TPSA) is 84.9 Å². The van der Waals surface area contributed by atoms with Crippen LogP contribution in [0.1, 0.15) is 44.4 Å². The third-order valence-electron chi connectivity index (χ3n) is 5.34. The van der Waals surface area contributed by atoms with Crippen molar-refractivity contribution in [1.82, 2.24) is 5.32 Å². The summed E-state index contributed by atoms with van der Waals surface area (Å²) in [7, 11) is -2.22. The Bertz CT molecular complexity index is 1080. The van der Waals surface area contributed by atoms with Crippen LogP contribution in [0, 0.1) is 6.92 Å². The lowest BCUT2D eigenvalue weighted by Crippen LogP contribution is -2.50. The monoisotopic (exact) mass is 446 g/mol. The molecule has 0 unspecified atom stereocenters. The Morgan fingerprint density at radius 3 is 2.61 bits per heavy atom. The van der Waals surface area contributed by atoms with E-state index in [1.54, 1.807) is 31.2 Å². The van der Waals surface area contributed by atoms with Gasteiger partial charge in [0, 0.05) is 18.1 Å². The third-order valence-corrected chi connectivity index (χ3v) is 6.58. The number of ether oxygens (including phenoxy) is 2. The minimum Gasteiger partial charge on any atom is -0.497 e. The minimum atomic E-state index is -3.73.